The first-order chi connectivity index (χ1) is 8.61. The van der Waals surface area contributed by atoms with Crippen molar-refractivity contribution in [1.29, 1.82) is 0 Å². The fourth-order valence-electron chi connectivity index (χ4n) is 1.92. The van der Waals surface area contributed by atoms with Crippen molar-refractivity contribution in [1.82, 2.24) is 5.32 Å². The smallest absolute Gasteiger partial charge is 0.327 e. The third-order valence-electron chi connectivity index (χ3n) is 3.08. The Balaban J connectivity index is 3.01. The number of carbonyl (C=O) groups is 1. The van der Waals surface area contributed by atoms with Gasteiger partial charge in [-0.15, -0.1) is 0 Å². The minimum absolute atomic E-state index is 0.195. The molecule has 3 heteroatoms. The normalized spacial score (nSPS) is 12.2. The van der Waals surface area contributed by atoms with E-state index in [1.165, 1.54) is 5.56 Å². The molecule has 1 aromatic rings. The third-order valence-corrected chi connectivity index (χ3v) is 3.08. The van der Waals surface area contributed by atoms with Crippen molar-refractivity contribution in [2.24, 2.45) is 0 Å². The van der Waals surface area contributed by atoms with E-state index in [2.05, 4.69) is 25.2 Å². The highest BCUT2D eigenvalue weighted by Gasteiger charge is 2.22. The van der Waals surface area contributed by atoms with Gasteiger partial charge in [0.2, 0.25) is 0 Å². The number of rotatable bonds is 6. The maximum absolute atomic E-state index is 12.0. The van der Waals surface area contributed by atoms with Gasteiger partial charge in [0, 0.05) is 0 Å². The Bertz CT molecular complexity index is 401. The van der Waals surface area contributed by atoms with Crippen LogP contribution in [0.15, 0.2) is 18.2 Å². The molecule has 1 N–H and O–H groups in total. The second kappa shape index (κ2) is 7.17. The number of esters is 1. The minimum Gasteiger partial charge on any atom is -0.465 e. The number of aryl methyl sites for hydroxylation is 1. The summed E-state index contributed by atoms with van der Waals surface area (Å²) in [4.78, 5) is 12.0. The van der Waals surface area contributed by atoms with Crippen LogP contribution in [-0.2, 0) is 9.53 Å². The summed E-state index contributed by atoms with van der Waals surface area (Å²) in [6, 6.07) is 5.68. The molecule has 100 valence electrons. The summed E-state index contributed by atoms with van der Waals surface area (Å²) >= 11 is 0. The van der Waals surface area contributed by atoms with E-state index in [1.54, 1.807) is 0 Å². The topological polar surface area (TPSA) is 38.3 Å². The number of benzene rings is 1. The van der Waals surface area contributed by atoms with Gasteiger partial charge >= 0.3 is 5.97 Å². The van der Waals surface area contributed by atoms with Crippen LogP contribution >= 0.6 is 0 Å². The second-order valence-corrected chi connectivity index (χ2v) is 4.43. The van der Waals surface area contributed by atoms with Crippen LogP contribution < -0.4 is 5.32 Å². The lowest BCUT2D eigenvalue weighted by Crippen LogP contribution is -2.31. The maximum atomic E-state index is 12.0. The lowest BCUT2D eigenvalue weighted by atomic mass is 9.97. The van der Waals surface area contributed by atoms with Gasteiger partial charge in [-0.3, -0.25) is 0 Å². The highest BCUT2D eigenvalue weighted by Crippen LogP contribution is 2.21. The molecule has 1 unspecified atom stereocenters. The molecule has 1 rings (SSSR count). The fraction of sp³-hybridized carbons (Fsp3) is 0.533. The van der Waals surface area contributed by atoms with Crippen LogP contribution in [0.2, 0.25) is 0 Å². The molecule has 0 aromatic heterocycles. The van der Waals surface area contributed by atoms with Gasteiger partial charge in [0.1, 0.15) is 6.04 Å². The second-order valence-electron chi connectivity index (χ2n) is 4.43. The van der Waals surface area contributed by atoms with Crippen LogP contribution in [0, 0.1) is 13.8 Å². The SMILES string of the molecule is CCCNC(C(=O)OCC)c1cccc(C)c1C. The van der Waals surface area contributed by atoms with Gasteiger partial charge < -0.3 is 10.1 Å². The van der Waals surface area contributed by atoms with Crippen molar-refractivity contribution in [3.8, 4) is 0 Å². The Morgan fingerprint density at radius 1 is 1.33 bits per heavy atom. The predicted molar refractivity (Wildman–Crippen MR) is 73.6 cm³/mol. The van der Waals surface area contributed by atoms with Crippen LogP contribution in [0.3, 0.4) is 0 Å². The molecule has 1 aromatic carbocycles. The van der Waals surface area contributed by atoms with E-state index < -0.39 is 0 Å². The van der Waals surface area contributed by atoms with E-state index in [-0.39, 0.29) is 12.0 Å². The number of hydrogen-bond donors (Lipinski definition) is 1. The molecule has 0 amide bonds. The van der Waals surface area contributed by atoms with E-state index in [1.807, 2.05) is 26.0 Å². The highest BCUT2D eigenvalue weighted by molar-refractivity contribution is 5.78. The highest BCUT2D eigenvalue weighted by atomic mass is 16.5. The molecule has 0 fully saturated rings. The molecule has 0 spiro atoms. The summed E-state index contributed by atoms with van der Waals surface area (Å²) in [6.45, 7) is 9.23. The van der Waals surface area contributed by atoms with Crippen molar-refractivity contribution >= 4 is 5.97 Å². The van der Waals surface area contributed by atoms with E-state index in [0.717, 1.165) is 24.1 Å². The predicted octanol–water partition coefficient (Wildman–Crippen LogP) is 2.91. The van der Waals surface area contributed by atoms with Crippen LogP contribution in [-0.4, -0.2) is 19.1 Å². The molecule has 0 bridgehead atoms. The van der Waals surface area contributed by atoms with Crippen LogP contribution in [0.4, 0.5) is 0 Å². The van der Waals surface area contributed by atoms with Crippen molar-refractivity contribution in [3.63, 3.8) is 0 Å². The van der Waals surface area contributed by atoms with Gasteiger partial charge in [-0.25, -0.2) is 4.79 Å². The monoisotopic (exact) mass is 249 g/mol. The Hall–Kier alpha value is -1.35. The first kappa shape index (κ1) is 14.7. The molecular weight excluding hydrogens is 226 g/mol. The molecule has 3 nitrogen and oxygen atoms in total. The fourth-order valence-corrected chi connectivity index (χ4v) is 1.92. The molecule has 0 aliphatic rings. The van der Waals surface area contributed by atoms with Gasteiger partial charge in [-0.1, -0.05) is 25.1 Å². The molecule has 0 aliphatic heterocycles. The van der Waals surface area contributed by atoms with Crippen LogP contribution in [0.1, 0.15) is 43.0 Å². The molecule has 0 saturated heterocycles. The number of ether oxygens (including phenoxy) is 1. The van der Waals surface area contributed by atoms with Crippen molar-refractivity contribution in [2.45, 2.75) is 40.2 Å². The van der Waals surface area contributed by atoms with Gasteiger partial charge in [-0.2, -0.15) is 0 Å². The zero-order valence-electron chi connectivity index (χ0n) is 11.7. The van der Waals surface area contributed by atoms with Gasteiger partial charge in [0.05, 0.1) is 6.61 Å². The first-order valence-electron chi connectivity index (χ1n) is 6.57. The quantitative estimate of drug-likeness (QED) is 0.788. The lowest BCUT2D eigenvalue weighted by molar-refractivity contribution is -0.145. The largest absolute Gasteiger partial charge is 0.465 e. The Morgan fingerprint density at radius 3 is 2.67 bits per heavy atom. The van der Waals surface area contributed by atoms with E-state index >= 15 is 0 Å². The number of carbonyl (C=O) groups excluding carboxylic acids is 1. The Labute approximate surface area is 110 Å². The van der Waals surface area contributed by atoms with E-state index in [9.17, 15) is 4.79 Å². The summed E-state index contributed by atoms with van der Waals surface area (Å²) in [7, 11) is 0. The zero-order valence-corrected chi connectivity index (χ0v) is 11.7. The number of nitrogens with one attached hydrogen (secondary N) is 1. The molecule has 0 saturated carbocycles. The minimum atomic E-state index is -0.357. The van der Waals surface area contributed by atoms with Crippen LogP contribution in [0.25, 0.3) is 0 Å². The molecular formula is C15H23NO2. The van der Waals surface area contributed by atoms with Gasteiger partial charge in [-0.05, 0) is 50.4 Å². The average Bonchev–Trinajstić information content (AvgIpc) is 2.35. The summed E-state index contributed by atoms with van der Waals surface area (Å²) in [5, 5.41) is 3.26. The van der Waals surface area contributed by atoms with Crippen LogP contribution in [0.5, 0.6) is 0 Å². The van der Waals surface area contributed by atoms with Gasteiger partial charge in [0.15, 0.2) is 0 Å². The average molecular weight is 249 g/mol. The van der Waals surface area contributed by atoms with E-state index in [4.69, 9.17) is 4.74 Å². The number of hydrogen-bond acceptors (Lipinski definition) is 3. The molecule has 18 heavy (non-hydrogen) atoms. The standard InChI is InChI=1S/C15H23NO2/c1-5-10-16-14(15(17)18-6-2)13-9-7-8-11(3)12(13)4/h7-9,14,16H,5-6,10H2,1-4H3. The Morgan fingerprint density at radius 2 is 2.06 bits per heavy atom. The summed E-state index contributed by atoms with van der Waals surface area (Å²) in [5.74, 6) is -0.195. The molecule has 0 radical (unpaired) electrons. The van der Waals surface area contributed by atoms with Crippen molar-refractivity contribution in [3.05, 3.63) is 34.9 Å². The lowest BCUT2D eigenvalue weighted by Gasteiger charge is -2.20. The summed E-state index contributed by atoms with van der Waals surface area (Å²) in [6.07, 6.45) is 0.987. The summed E-state index contributed by atoms with van der Waals surface area (Å²) in [5.41, 5.74) is 3.36. The maximum Gasteiger partial charge on any atom is 0.327 e. The van der Waals surface area contributed by atoms with Crippen molar-refractivity contribution < 1.29 is 9.53 Å². The van der Waals surface area contributed by atoms with Gasteiger partial charge in [0.25, 0.3) is 0 Å². The molecule has 1 atom stereocenters. The third kappa shape index (κ3) is 3.57. The van der Waals surface area contributed by atoms with Crippen molar-refractivity contribution in [2.75, 3.05) is 13.2 Å². The summed E-state index contributed by atoms with van der Waals surface area (Å²) < 4.78 is 5.15. The molecule has 0 heterocycles. The van der Waals surface area contributed by atoms with E-state index in [0.29, 0.717) is 6.61 Å². The molecule has 0 aliphatic carbocycles. The Kier molecular flexibility index (Phi) is 5.86. The zero-order chi connectivity index (χ0) is 13.5. The first-order valence-corrected chi connectivity index (χ1v) is 6.57.